The zero-order chi connectivity index (χ0) is 14.7. The summed E-state index contributed by atoms with van der Waals surface area (Å²) >= 11 is 1.47. The van der Waals surface area contributed by atoms with Crippen LogP contribution in [0.25, 0.3) is 0 Å². The van der Waals surface area contributed by atoms with Crippen LogP contribution in [0.4, 0.5) is 0 Å². The van der Waals surface area contributed by atoms with Gasteiger partial charge in [0.2, 0.25) is 5.91 Å². The predicted octanol–water partition coefficient (Wildman–Crippen LogP) is 1.45. The first-order valence-electron chi connectivity index (χ1n) is 7.58. The van der Waals surface area contributed by atoms with Crippen molar-refractivity contribution in [2.75, 3.05) is 39.3 Å². The maximum absolute atomic E-state index is 12.4. The summed E-state index contributed by atoms with van der Waals surface area (Å²) < 4.78 is 0. The van der Waals surface area contributed by atoms with E-state index in [1.165, 1.54) is 11.3 Å². The summed E-state index contributed by atoms with van der Waals surface area (Å²) in [5.74, 6) is 0.472. The van der Waals surface area contributed by atoms with E-state index in [1.807, 2.05) is 27.3 Å². The molecule has 0 saturated carbocycles. The third-order valence-electron chi connectivity index (χ3n) is 4.26. The lowest BCUT2D eigenvalue weighted by atomic mass is 9.98. The molecule has 0 bridgehead atoms. The number of nitrogens with one attached hydrogen (secondary N) is 1. The third kappa shape index (κ3) is 3.80. The SMILES string of the molecule is Cl.O=C(c1cccs1)N1CCN(C(=O)[C@@H]2CCCNC2)CC1. The van der Waals surface area contributed by atoms with Gasteiger partial charge in [-0.25, -0.2) is 0 Å². The molecule has 3 rings (SSSR count). The molecule has 2 aliphatic rings. The molecular formula is C15H22ClN3O2S. The van der Waals surface area contributed by atoms with Gasteiger partial charge in [-0.3, -0.25) is 9.59 Å². The highest BCUT2D eigenvalue weighted by Gasteiger charge is 2.30. The van der Waals surface area contributed by atoms with Gasteiger partial charge in [-0.2, -0.15) is 0 Å². The van der Waals surface area contributed by atoms with Gasteiger partial charge in [-0.05, 0) is 30.8 Å². The summed E-state index contributed by atoms with van der Waals surface area (Å²) in [6.45, 7) is 4.42. The zero-order valence-electron chi connectivity index (χ0n) is 12.5. The molecule has 0 unspecified atom stereocenters. The molecule has 1 atom stereocenters. The van der Waals surface area contributed by atoms with Gasteiger partial charge in [-0.1, -0.05) is 6.07 Å². The number of hydrogen-bond donors (Lipinski definition) is 1. The number of amides is 2. The molecule has 1 aromatic heterocycles. The highest BCUT2D eigenvalue weighted by molar-refractivity contribution is 7.12. The Kier molecular flexibility index (Phi) is 6.23. The second-order valence-corrected chi connectivity index (χ2v) is 6.59. The summed E-state index contributed by atoms with van der Waals surface area (Å²) in [6.07, 6.45) is 2.06. The topological polar surface area (TPSA) is 52.7 Å². The van der Waals surface area contributed by atoms with E-state index >= 15 is 0 Å². The fraction of sp³-hybridized carbons (Fsp3) is 0.600. The average molecular weight is 344 g/mol. The number of hydrogen-bond acceptors (Lipinski definition) is 4. The van der Waals surface area contributed by atoms with Crippen LogP contribution in [0.15, 0.2) is 17.5 Å². The molecule has 122 valence electrons. The number of nitrogens with zero attached hydrogens (tertiary/aromatic N) is 2. The van der Waals surface area contributed by atoms with E-state index in [2.05, 4.69) is 5.32 Å². The fourth-order valence-corrected chi connectivity index (χ4v) is 3.70. The molecule has 2 amide bonds. The highest BCUT2D eigenvalue weighted by Crippen LogP contribution is 2.17. The molecule has 22 heavy (non-hydrogen) atoms. The number of carbonyl (C=O) groups is 2. The maximum atomic E-state index is 12.4. The van der Waals surface area contributed by atoms with Crippen molar-refractivity contribution in [1.82, 2.24) is 15.1 Å². The van der Waals surface area contributed by atoms with Crippen LogP contribution in [0.5, 0.6) is 0 Å². The molecule has 0 aliphatic carbocycles. The minimum atomic E-state index is 0. The Labute approximate surface area is 141 Å². The van der Waals surface area contributed by atoms with Crippen LogP contribution in [0, 0.1) is 5.92 Å². The van der Waals surface area contributed by atoms with E-state index in [0.717, 1.165) is 30.8 Å². The molecule has 3 heterocycles. The van der Waals surface area contributed by atoms with Gasteiger partial charge in [0.1, 0.15) is 0 Å². The van der Waals surface area contributed by atoms with Crippen LogP contribution in [-0.2, 0) is 4.79 Å². The number of piperidine rings is 1. The number of thiophene rings is 1. The third-order valence-corrected chi connectivity index (χ3v) is 5.11. The van der Waals surface area contributed by atoms with E-state index in [9.17, 15) is 9.59 Å². The molecule has 1 aromatic rings. The van der Waals surface area contributed by atoms with Gasteiger partial charge in [0.05, 0.1) is 10.8 Å². The van der Waals surface area contributed by atoms with Gasteiger partial charge in [0.25, 0.3) is 5.91 Å². The van der Waals surface area contributed by atoms with Crippen LogP contribution in [0.2, 0.25) is 0 Å². The zero-order valence-corrected chi connectivity index (χ0v) is 14.1. The standard InChI is InChI=1S/C15H21N3O2S.ClH/c19-14(12-3-1-5-16-11-12)17-6-8-18(9-7-17)15(20)13-4-2-10-21-13;/h2,4,10,12,16H,1,3,5-9,11H2;1H/t12-;/m1./s1. The van der Waals surface area contributed by atoms with E-state index < -0.39 is 0 Å². The first-order chi connectivity index (χ1) is 10.3. The van der Waals surface area contributed by atoms with Crippen molar-refractivity contribution in [3.63, 3.8) is 0 Å². The van der Waals surface area contributed by atoms with Crippen molar-refractivity contribution >= 4 is 35.6 Å². The first-order valence-corrected chi connectivity index (χ1v) is 8.46. The molecule has 0 aromatic carbocycles. The van der Waals surface area contributed by atoms with E-state index in [-0.39, 0.29) is 30.1 Å². The second-order valence-electron chi connectivity index (χ2n) is 5.64. The Morgan fingerprint density at radius 1 is 1.18 bits per heavy atom. The van der Waals surface area contributed by atoms with Gasteiger partial charge in [0, 0.05) is 32.7 Å². The Morgan fingerprint density at radius 3 is 2.50 bits per heavy atom. The molecule has 2 fully saturated rings. The Bertz CT molecular complexity index is 495. The quantitative estimate of drug-likeness (QED) is 0.884. The summed E-state index contributed by atoms with van der Waals surface area (Å²) in [7, 11) is 0. The van der Waals surface area contributed by atoms with Crippen LogP contribution in [0.1, 0.15) is 22.5 Å². The lowest BCUT2D eigenvalue weighted by Gasteiger charge is -2.37. The number of rotatable bonds is 2. The number of halogens is 1. The molecule has 7 heteroatoms. The normalized spacial score (nSPS) is 22.1. The number of carbonyl (C=O) groups excluding carboxylic acids is 2. The summed E-state index contributed by atoms with van der Waals surface area (Å²) in [5, 5.41) is 5.21. The largest absolute Gasteiger partial charge is 0.339 e. The molecule has 0 radical (unpaired) electrons. The van der Waals surface area contributed by atoms with E-state index in [0.29, 0.717) is 26.2 Å². The first kappa shape index (κ1) is 17.2. The van der Waals surface area contributed by atoms with Crippen LogP contribution in [-0.4, -0.2) is 60.9 Å². The van der Waals surface area contributed by atoms with Crippen molar-refractivity contribution < 1.29 is 9.59 Å². The molecule has 0 spiro atoms. The van der Waals surface area contributed by atoms with Crippen molar-refractivity contribution in [2.45, 2.75) is 12.8 Å². The lowest BCUT2D eigenvalue weighted by molar-refractivity contribution is -0.137. The molecule has 1 N–H and O–H groups in total. The maximum Gasteiger partial charge on any atom is 0.264 e. The second kappa shape index (κ2) is 7.94. The van der Waals surface area contributed by atoms with Crippen LogP contribution in [0.3, 0.4) is 0 Å². The van der Waals surface area contributed by atoms with Gasteiger partial charge >= 0.3 is 0 Å². The smallest absolute Gasteiger partial charge is 0.264 e. The Balaban J connectivity index is 0.00000176. The highest BCUT2D eigenvalue weighted by atomic mass is 35.5. The molecule has 2 saturated heterocycles. The minimum absolute atomic E-state index is 0. The monoisotopic (exact) mass is 343 g/mol. The van der Waals surface area contributed by atoms with Crippen molar-refractivity contribution in [3.05, 3.63) is 22.4 Å². The lowest BCUT2D eigenvalue weighted by Crippen LogP contribution is -2.53. The van der Waals surface area contributed by atoms with Gasteiger partial charge in [0.15, 0.2) is 0 Å². The van der Waals surface area contributed by atoms with E-state index in [1.54, 1.807) is 0 Å². The summed E-state index contributed by atoms with van der Waals surface area (Å²) in [6, 6.07) is 3.76. The molecule has 5 nitrogen and oxygen atoms in total. The predicted molar refractivity (Wildman–Crippen MR) is 89.6 cm³/mol. The number of piperazine rings is 1. The molecule has 2 aliphatic heterocycles. The van der Waals surface area contributed by atoms with Crippen LogP contribution < -0.4 is 5.32 Å². The average Bonchev–Trinajstić information content (AvgIpc) is 3.09. The van der Waals surface area contributed by atoms with Gasteiger partial charge < -0.3 is 15.1 Å². The minimum Gasteiger partial charge on any atom is -0.339 e. The van der Waals surface area contributed by atoms with Gasteiger partial charge in [-0.15, -0.1) is 23.7 Å². The Hall–Kier alpha value is -1.11. The van der Waals surface area contributed by atoms with Crippen molar-refractivity contribution in [3.8, 4) is 0 Å². The fourth-order valence-electron chi connectivity index (χ4n) is 3.01. The molecular weight excluding hydrogens is 322 g/mol. The van der Waals surface area contributed by atoms with E-state index in [4.69, 9.17) is 0 Å². The van der Waals surface area contributed by atoms with Crippen molar-refractivity contribution in [1.29, 1.82) is 0 Å². The summed E-state index contributed by atoms with van der Waals surface area (Å²) in [4.78, 5) is 29.3. The summed E-state index contributed by atoms with van der Waals surface area (Å²) in [5.41, 5.74) is 0. The van der Waals surface area contributed by atoms with Crippen molar-refractivity contribution in [2.24, 2.45) is 5.92 Å². The Morgan fingerprint density at radius 2 is 1.91 bits per heavy atom. The van der Waals surface area contributed by atoms with Crippen LogP contribution >= 0.6 is 23.7 Å².